The number of fused-ring (bicyclic) bond motifs is 1. The Balaban J connectivity index is 2.05. The number of nitriles is 1. The van der Waals surface area contributed by atoms with E-state index in [1.807, 2.05) is 36.4 Å². The minimum Gasteiger partial charge on any atom is -0.497 e. The highest BCUT2D eigenvalue weighted by Gasteiger charge is 2.09. The maximum absolute atomic E-state index is 9.36. The molecule has 6 heteroatoms. The Morgan fingerprint density at radius 1 is 1.43 bits per heavy atom. The van der Waals surface area contributed by atoms with Crippen LogP contribution < -0.4 is 4.74 Å². The Kier molecular flexibility index (Phi) is 3.78. The Labute approximate surface area is 133 Å². The molecular weight excluding hydrogens is 350 g/mol. The second-order valence-corrected chi connectivity index (χ2v) is 6.77. The first-order valence-corrected chi connectivity index (χ1v) is 7.72. The predicted molar refractivity (Wildman–Crippen MR) is 88.1 cm³/mol. The summed E-state index contributed by atoms with van der Waals surface area (Å²) >= 11 is 4.98. The van der Waals surface area contributed by atoms with Gasteiger partial charge in [0.25, 0.3) is 0 Å². The fourth-order valence-electron chi connectivity index (χ4n) is 1.94. The highest BCUT2D eigenvalue weighted by Crippen LogP contribution is 2.27. The second kappa shape index (κ2) is 5.72. The summed E-state index contributed by atoms with van der Waals surface area (Å²) in [4.78, 5) is 8.61. The SMILES string of the molecule is COc1ccc2nc(/C(C#N)=C\c3ccc(Br)s3)[nH]c2c1. The van der Waals surface area contributed by atoms with Gasteiger partial charge in [0.1, 0.15) is 17.6 Å². The summed E-state index contributed by atoms with van der Waals surface area (Å²) in [6, 6.07) is 11.7. The van der Waals surface area contributed by atoms with Crippen molar-refractivity contribution in [2.75, 3.05) is 7.11 Å². The maximum Gasteiger partial charge on any atom is 0.149 e. The Bertz CT molecular complexity index is 873. The van der Waals surface area contributed by atoms with E-state index in [0.717, 1.165) is 25.4 Å². The van der Waals surface area contributed by atoms with Crippen LogP contribution >= 0.6 is 27.3 Å². The molecule has 1 aromatic carbocycles. The van der Waals surface area contributed by atoms with Crippen molar-refractivity contribution in [1.29, 1.82) is 5.26 Å². The monoisotopic (exact) mass is 359 g/mol. The molecule has 1 N–H and O–H groups in total. The van der Waals surface area contributed by atoms with Gasteiger partial charge in [-0.2, -0.15) is 5.26 Å². The predicted octanol–water partition coefficient (Wildman–Crippen LogP) is 4.46. The van der Waals surface area contributed by atoms with Gasteiger partial charge in [-0.1, -0.05) is 0 Å². The average Bonchev–Trinajstić information content (AvgIpc) is 3.09. The van der Waals surface area contributed by atoms with Crippen LogP contribution in [0.1, 0.15) is 10.7 Å². The highest BCUT2D eigenvalue weighted by atomic mass is 79.9. The number of nitrogens with zero attached hydrogens (tertiary/aromatic N) is 2. The molecule has 2 heterocycles. The molecule has 2 aromatic heterocycles. The fraction of sp³-hybridized carbons (Fsp3) is 0.0667. The Morgan fingerprint density at radius 2 is 2.29 bits per heavy atom. The first-order valence-electron chi connectivity index (χ1n) is 6.11. The Morgan fingerprint density at radius 3 is 2.95 bits per heavy atom. The van der Waals surface area contributed by atoms with E-state index in [1.165, 1.54) is 0 Å². The fourth-order valence-corrected chi connectivity index (χ4v) is 3.31. The lowest BCUT2D eigenvalue weighted by molar-refractivity contribution is 0.415. The van der Waals surface area contributed by atoms with Gasteiger partial charge >= 0.3 is 0 Å². The van der Waals surface area contributed by atoms with Gasteiger partial charge in [-0.25, -0.2) is 4.98 Å². The third kappa shape index (κ3) is 2.84. The third-order valence-electron chi connectivity index (χ3n) is 2.95. The lowest BCUT2D eigenvalue weighted by Crippen LogP contribution is -1.83. The summed E-state index contributed by atoms with van der Waals surface area (Å²) in [5, 5.41) is 9.36. The van der Waals surface area contributed by atoms with Crippen LogP contribution in [-0.2, 0) is 0 Å². The highest BCUT2D eigenvalue weighted by molar-refractivity contribution is 9.11. The number of methoxy groups -OCH3 is 1. The summed E-state index contributed by atoms with van der Waals surface area (Å²) in [5.74, 6) is 1.31. The van der Waals surface area contributed by atoms with Crippen LogP contribution in [0.2, 0.25) is 0 Å². The molecule has 0 atom stereocenters. The van der Waals surface area contributed by atoms with Gasteiger partial charge < -0.3 is 9.72 Å². The largest absolute Gasteiger partial charge is 0.497 e. The third-order valence-corrected chi connectivity index (χ3v) is 4.52. The first kappa shape index (κ1) is 13.9. The average molecular weight is 360 g/mol. The van der Waals surface area contributed by atoms with Gasteiger partial charge in [0.15, 0.2) is 0 Å². The summed E-state index contributed by atoms with van der Waals surface area (Å²) in [6.45, 7) is 0. The molecule has 0 aliphatic carbocycles. The number of hydrogen-bond donors (Lipinski definition) is 1. The molecule has 0 aliphatic rings. The molecule has 0 radical (unpaired) electrons. The standard InChI is InChI=1S/C15H10BrN3OS/c1-20-10-2-4-12-13(7-10)19-15(18-12)9(8-17)6-11-3-5-14(16)21-11/h2-7H,1H3,(H,18,19)/b9-6-. The molecule has 3 aromatic rings. The van der Waals surface area contributed by atoms with Crippen LogP contribution in [-0.4, -0.2) is 17.1 Å². The number of thiophene rings is 1. The van der Waals surface area contributed by atoms with E-state index in [0.29, 0.717) is 11.4 Å². The molecule has 4 nitrogen and oxygen atoms in total. The number of benzene rings is 1. The molecule has 3 rings (SSSR count). The van der Waals surface area contributed by atoms with Gasteiger partial charge in [0, 0.05) is 10.9 Å². The maximum atomic E-state index is 9.36. The van der Waals surface area contributed by atoms with Crippen molar-refractivity contribution in [3.8, 4) is 11.8 Å². The molecule has 0 amide bonds. The number of H-pyrrole nitrogens is 1. The van der Waals surface area contributed by atoms with E-state index in [2.05, 4.69) is 32.0 Å². The molecular formula is C15H10BrN3OS. The molecule has 0 bridgehead atoms. The van der Waals surface area contributed by atoms with Crippen molar-refractivity contribution in [2.45, 2.75) is 0 Å². The van der Waals surface area contributed by atoms with Crippen LogP contribution in [0.15, 0.2) is 34.1 Å². The van der Waals surface area contributed by atoms with Crippen molar-refractivity contribution in [3.05, 3.63) is 44.8 Å². The summed E-state index contributed by atoms with van der Waals surface area (Å²) in [6.07, 6.45) is 1.82. The first-order chi connectivity index (χ1) is 10.2. The van der Waals surface area contributed by atoms with Crippen LogP contribution in [0.25, 0.3) is 22.7 Å². The van der Waals surface area contributed by atoms with Crippen molar-refractivity contribution in [2.24, 2.45) is 0 Å². The molecule has 0 aliphatic heterocycles. The van der Waals surface area contributed by atoms with Gasteiger partial charge in [-0.05, 0) is 46.3 Å². The van der Waals surface area contributed by atoms with E-state index in [1.54, 1.807) is 18.4 Å². The van der Waals surface area contributed by atoms with Crippen LogP contribution in [0.3, 0.4) is 0 Å². The second-order valence-electron chi connectivity index (χ2n) is 4.28. The van der Waals surface area contributed by atoms with Crippen LogP contribution in [0, 0.1) is 11.3 Å². The number of hydrogen-bond acceptors (Lipinski definition) is 4. The quantitative estimate of drug-likeness (QED) is 0.702. The lowest BCUT2D eigenvalue weighted by atomic mass is 10.2. The van der Waals surface area contributed by atoms with Crippen molar-refractivity contribution < 1.29 is 4.74 Å². The topological polar surface area (TPSA) is 61.7 Å². The molecule has 0 saturated carbocycles. The van der Waals surface area contributed by atoms with Gasteiger partial charge in [-0.3, -0.25) is 0 Å². The van der Waals surface area contributed by atoms with Crippen LogP contribution in [0.4, 0.5) is 0 Å². The molecule has 21 heavy (non-hydrogen) atoms. The van der Waals surface area contributed by atoms with Crippen molar-refractivity contribution in [3.63, 3.8) is 0 Å². The summed E-state index contributed by atoms with van der Waals surface area (Å²) < 4.78 is 6.21. The smallest absolute Gasteiger partial charge is 0.149 e. The number of imidazole rings is 1. The number of nitrogens with one attached hydrogen (secondary N) is 1. The van der Waals surface area contributed by atoms with Crippen LogP contribution in [0.5, 0.6) is 5.75 Å². The van der Waals surface area contributed by atoms with E-state index >= 15 is 0 Å². The van der Waals surface area contributed by atoms with E-state index in [-0.39, 0.29) is 0 Å². The zero-order valence-electron chi connectivity index (χ0n) is 11.1. The number of rotatable bonds is 3. The minimum absolute atomic E-state index is 0.500. The normalized spacial score (nSPS) is 11.6. The number of halogens is 1. The molecule has 0 spiro atoms. The minimum atomic E-state index is 0.500. The molecule has 104 valence electrons. The molecule has 0 saturated heterocycles. The zero-order valence-corrected chi connectivity index (χ0v) is 13.5. The number of aromatic amines is 1. The molecule has 0 unspecified atom stereocenters. The van der Waals surface area contributed by atoms with Gasteiger partial charge in [0.05, 0.1) is 27.5 Å². The number of ether oxygens (including phenoxy) is 1. The summed E-state index contributed by atoms with van der Waals surface area (Å²) in [5.41, 5.74) is 2.15. The van der Waals surface area contributed by atoms with E-state index in [4.69, 9.17) is 4.74 Å². The lowest BCUT2D eigenvalue weighted by Gasteiger charge is -1.96. The van der Waals surface area contributed by atoms with Crippen molar-refractivity contribution >= 4 is 49.9 Å². The summed E-state index contributed by atoms with van der Waals surface area (Å²) in [7, 11) is 1.62. The molecule has 0 fully saturated rings. The number of allylic oxidation sites excluding steroid dienone is 1. The Hall–Kier alpha value is -2.10. The number of aromatic nitrogens is 2. The van der Waals surface area contributed by atoms with Gasteiger partial charge in [0.2, 0.25) is 0 Å². The zero-order chi connectivity index (χ0) is 14.8. The van der Waals surface area contributed by atoms with Crippen molar-refractivity contribution in [1.82, 2.24) is 9.97 Å². The van der Waals surface area contributed by atoms with E-state index < -0.39 is 0 Å². The van der Waals surface area contributed by atoms with Gasteiger partial charge in [-0.15, -0.1) is 11.3 Å². The van der Waals surface area contributed by atoms with E-state index in [9.17, 15) is 5.26 Å².